The van der Waals surface area contributed by atoms with Crippen molar-refractivity contribution in [1.29, 1.82) is 0 Å². The number of ketones is 1. The lowest BCUT2D eigenvalue weighted by atomic mass is 10.0. The van der Waals surface area contributed by atoms with Crippen LogP contribution in [0.1, 0.15) is 15.9 Å². The van der Waals surface area contributed by atoms with Crippen molar-refractivity contribution < 1.29 is 9.00 Å². The minimum absolute atomic E-state index is 0.0752. The maximum atomic E-state index is 11.8. The van der Waals surface area contributed by atoms with Crippen LogP contribution in [0.2, 0.25) is 0 Å². The van der Waals surface area contributed by atoms with E-state index < -0.39 is 10.8 Å². The van der Waals surface area contributed by atoms with Crippen LogP contribution in [0.5, 0.6) is 0 Å². The molecule has 2 rings (SSSR count). The highest BCUT2D eigenvalue weighted by molar-refractivity contribution is 7.83. The first-order chi connectivity index (χ1) is 8.61. The predicted octanol–water partition coefficient (Wildman–Crippen LogP) is 2.91. The molecule has 0 radical (unpaired) electrons. The van der Waals surface area contributed by atoms with E-state index in [-0.39, 0.29) is 5.78 Å². The molecule has 2 aromatic rings. The van der Waals surface area contributed by atoms with Gasteiger partial charge in [0.25, 0.3) is 0 Å². The van der Waals surface area contributed by atoms with Gasteiger partial charge >= 0.3 is 0 Å². The van der Waals surface area contributed by atoms with Gasteiger partial charge in [-0.05, 0) is 0 Å². The second kappa shape index (κ2) is 7.56. The summed E-state index contributed by atoms with van der Waals surface area (Å²) in [6.07, 6.45) is 3.28. The second-order valence-corrected chi connectivity index (χ2v) is 5.29. The van der Waals surface area contributed by atoms with Crippen LogP contribution in [0.25, 0.3) is 0 Å². The number of carbonyl (C=O) groups is 1. The fourth-order valence-electron chi connectivity index (χ4n) is 1.35. The molecule has 0 spiro atoms. The molecule has 0 heterocycles. The van der Waals surface area contributed by atoms with Gasteiger partial charge in [0.2, 0.25) is 0 Å². The largest absolute Gasteiger partial charge is 0.289 e. The highest BCUT2D eigenvalue weighted by Gasteiger charge is 2.06. The number of benzene rings is 2. The van der Waals surface area contributed by atoms with E-state index in [0.717, 1.165) is 11.1 Å². The molecule has 94 valence electrons. The predicted molar refractivity (Wildman–Crippen MR) is 76.3 cm³/mol. The molecule has 0 N–H and O–H groups in total. The van der Waals surface area contributed by atoms with E-state index in [4.69, 9.17) is 0 Å². The number of hydrogen-bond donors (Lipinski definition) is 0. The van der Waals surface area contributed by atoms with E-state index in [0.29, 0.717) is 0 Å². The van der Waals surface area contributed by atoms with Crippen molar-refractivity contribution in [2.24, 2.45) is 0 Å². The van der Waals surface area contributed by atoms with Gasteiger partial charge in [0.15, 0.2) is 5.78 Å². The fourth-order valence-corrected chi connectivity index (χ4v) is 1.35. The molecule has 0 atom stereocenters. The highest BCUT2D eigenvalue weighted by atomic mass is 32.2. The molecule has 0 aromatic heterocycles. The van der Waals surface area contributed by atoms with E-state index in [9.17, 15) is 9.00 Å². The van der Waals surface area contributed by atoms with E-state index in [1.54, 1.807) is 12.5 Å². The monoisotopic (exact) mass is 260 g/mol. The van der Waals surface area contributed by atoms with Gasteiger partial charge in [0.05, 0.1) is 0 Å². The summed E-state index contributed by atoms with van der Waals surface area (Å²) in [5, 5.41) is 0. The Morgan fingerprint density at radius 2 is 1.06 bits per heavy atom. The Morgan fingerprint density at radius 3 is 1.33 bits per heavy atom. The van der Waals surface area contributed by atoms with Gasteiger partial charge in [-0.2, -0.15) is 0 Å². The smallest absolute Gasteiger partial charge is 0.193 e. The van der Waals surface area contributed by atoms with Crippen LogP contribution < -0.4 is 0 Å². The van der Waals surface area contributed by atoms with Crippen LogP contribution >= 0.6 is 0 Å². The minimum Gasteiger partial charge on any atom is -0.289 e. The van der Waals surface area contributed by atoms with Crippen LogP contribution in [-0.2, 0) is 10.8 Å². The molecule has 0 unspecified atom stereocenters. The van der Waals surface area contributed by atoms with Crippen molar-refractivity contribution >= 4 is 16.6 Å². The third kappa shape index (κ3) is 5.06. The maximum absolute atomic E-state index is 11.8. The second-order valence-electron chi connectivity index (χ2n) is 3.80. The molecule has 0 amide bonds. The molecule has 2 aromatic carbocycles. The number of rotatable bonds is 2. The standard InChI is InChI=1S/C13H10O.C2H6OS/c14-13(11-7-3-1-4-8-11)12-9-5-2-6-10-12;1-4(2)3/h1-10H;1-2H3. The summed E-state index contributed by atoms with van der Waals surface area (Å²) in [7, 11) is -0.611. The molecule has 3 heteroatoms. The highest BCUT2D eigenvalue weighted by Crippen LogP contribution is 2.08. The van der Waals surface area contributed by atoms with Crippen molar-refractivity contribution in [1.82, 2.24) is 0 Å². The summed E-state index contributed by atoms with van der Waals surface area (Å²) in [6, 6.07) is 18.6. The Hall–Kier alpha value is -1.74. The zero-order valence-corrected chi connectivity index (χ0v) is 11.3. The fraction of sp³-hybridized carbons (Fsp3) is 0.133. The number of hydrogen-bond acceptors (Lipinski definition) is 2. The first-order valence-corrected chi connectivity index (χ1v) is 7.47. The molecule has 0 saturated heterocycles. The van der Waals surface area contributed by atoms with Crippen LogP contribution in [0.4, 0.5) is 0 Å². The zero-order valence-electron chi connectivity index (χ0n) is 10.5. The average molecular weight is 260 g/mol. The topological polar surface area (TPSA) is 34.1 Å². The summed E-state index contributed by atoms with van der Waals surface area (Å²) < 4.78 is 9.56. The van der Waals surface area contributed by atoms with Crippen molar-refractivity contribution in [2.45, 2.75) is 0 Å². The summed E-state index contributed by atoms with van der Waals surface area (Å²) in [4.78, 5) is 11.8. The molecule has 18 heavy (non-hydrogen) atoms. The van der Waals surface area contributed by atoms with E-state index in [1.807, 2.05) is 60.7 Å². The molecular formula is C15H16O2S. The van der Waals surface area contributed by atoms with Gasteiger partial charge in [-0.1, -0.05) is 60.7 Å². The van der Waals surface area contributed by atoms with Crippen molar-refractivity contribution in [2.75, 3.05) is 12.5 Å². The summed E-state index contributed by atoms with van der Waals surface area (Å²) in [5.41, 5.74) is 1.47. The van der Waals surface area contributed by atoms with Gasteiger partial charge in [0.1, 0.15) is 0 Å². The van der Waals surface area contributed by atoms with Crippen molar-refractivity contribution in [3.63, 3.8) is 0 Å². The zero-order chi connectivity index (χ0) is 13.4. The van der Waals surface area contributed by atoms with E-state index >= 15 is 0 Å². The maximum Gasteiger partial charge on any atom is 0.193 e. The molecule has 0 fully saturated rings. The molecule has 0 aliphatic carbocycles. The van der Waals surface area contributed by atoms with Gasteiger partial charge in [0, 0.05) is 34.4 Å². The molecule has 2 nitrogen and oxygen atoms in total. The molecule has 0 saturated carbocycles. The Labute approximate surface area is 110 Å². The van der Waals surface area contributed by atoms with Gasteiger partial charge in [-0.25, -0.2) is 0 Å². The summed E-state index contributed by atoms with van der Waals surface area (Å²) in [5.74, 6) is 0.0752. The lowest BCUT2D eigenvalue weighted by molar-refractivity contribution is 0.103. The van der Waals surface area contributed by atoms with Gasteiger partial charge < -0.3 is 0 Å². The molecule has 0 aliphatic heterocycles. The first kappa shape index (κ1) is 14.3. The van der Waals surface area contributed by atoms with Crippen LogP contribution in [0, 0.1) is 0 Å². The molecule has 0 bridgehead atoms. The lowest BCUT2D eigenvalue weighted by Gasteiger charge is -1.99. The van der Waals surface area contributed by atoms with Gasteiger partial charge in [-0.3, -0.25) is 9.00 Å². The average Bonchev–Trinajstić information content (AvgIpc) is 2.39. The van der Waals surface area contributed by atoms with E-state index in [2.05, 4.69) is 0 Å². The Kier molecular flexibility index (Phi) is 6.01. The minimum atomic E-state index is -0.611. The van der Waals surface area contributed by atoms with Crippen molar-refractivity contribution in [3.8, 4) is 0 Å². The van der Waals surface area contributed by atoms with E-state index in [1.165, 1.54) is 0 Å². The third-order valence-corrected chi connectivity index (χ3v) is 2.07. The molecular weight excluding hydrogens is 244 g/mol. The lowest BCUT2D eigenvalue weighted by Crippen LogP contribution is -1.99. The van der Waals surface area contributed by atoms with Crippen LogP contribution in [0.15, 0.2) is 60.7 Å². The SMILES string of the molecule is CS(C)=O.O=C(c1ccccc1)c1ccccc1. The first-order valence-electron chi connectivity index (χ1n) is 5.51. The van der Waals surface area contributed by atoms with Crippen LogP contribution in [0.3, 0.4) is 0 Å². The Balaban J connectivity index is 0.000000357. The summed E-state index contributed by atoms with van der Waals surface area (Å²) in [6.45, 7) is 0. The Bertz CT molecular complexity index is 461. The number of carbonyl (C=O) groups excluding carboxylic acids is 1. The quantitative estimate of drug-likeness (QED) is 0.778. The normalized spacial score (nSPS) is 9.50. The Morgan fingerprint density at radius 1 is 0.778 bits per heavy atom. The molecule has 0 aliphatic rings. The van der Waals surface area contributed by atoms with Gasteiger partial charge in [-0.15, -0.1) is 0 Å². The van der Waals surface area contributed by atoms with Crippen molar-refractivity contribution in [3.05, 3.63) is 71.8 Å². The van der Waals surface area contributed by atoms with Crippen LogP contribution in [-0.4, -0.2) is 22.5 Å². The summed E-state index contributed by atoms with van der Waals surface area (Å²) >= 11 is 0. The third-order valence-electron chi connectivity index (χ3n) is 2.07.